The summed E-state index contributed by atoms with van der Waals surface area (Å²) < 4.78 is 0. The number of anilines is 1. The smallest absolute Gasteiger partial charge is 0.273 e. The van der Waals surface area contributed by atoms with Gasteiger partial charge < -0.3 is 0 Å². The highest BCUT2D eigenvalue weighted by molar-refractivity contribution is 6.16. The lowest BCUT2D eigenvalue weighted by Gasteiger charge is -2.30. The molecule has 0 N–H and O–H groups in total. The Hall–Kier alpha value is -2.34. The van der Waals surface area contributed by atoms with Gasteiger partial charge in [0.25, 0.3) is 5.91 Å². The van der Waals surface area contributed by atoms with Crippen molar-refractivity contribution in [1.29, 1.82) is 5.26 Å². The van der Waals surface area contributed by atoms with E-state index < -0.39 is 0 Å². The number of carbonyl (C=O) groups excluding carboxylic acids is 1. The van der Waals surface area contributed by atoms with Gasteiger partial charge in [-0.15, -0.1) is 0 Å². The number of benzene rings is 1. The van der Waals surface area contributed by atoms with Crippen molar-refractivity contribution in [1.82, 2.24) is 0 Å². The number of nitriles is 1. The van der Waals surface area contributed by atoms with E-state index in [0.717, 1.165) is 16.8 Å². The minimum atomic E-state index is -0.278. The highest BCUT2D eigenvalue weighted by atomic mass is 16.2. The predicted molar refractivity (Wildman–Crippen MR) is 84.8 cm³/mol. The molecule has 21 heavy (non-hydrogen) atoms. The van der Waals surface area contributed by atoms with Crippen LogP contribution in [0.1, 0.15) is 38.8 Å². The van der Waals surface area contributed by atoms with Gasteiger partial charge in [-0.05, 0) is 36.0 Å². The van der Waals surface area contributed by atoms with E-state index in [0.29, 0.717) is 11.3 Å². The van der Waals surface area contributed by atoms with Crippen LogP contribution in [0.5, 0.6) is 0 Å². The maximum atomic E-state index is 12.6. The van der Waals surface area contributed by atoms with Gasteiger partial charge in [0.2, 0.25) is 0 Å². The third-order valence-electron chi connectivity index (χ3n) is 3.88. The van der Waals surface area contributed by atoms with Crippen LogP contribution in [-0.2, 0) is 10.2 Å². The molecule has 1 aliphatic rings. The number of hydrogen-bond acceptors (Lipinski definition) is 2. The number of rotatable bonds is 1. The van der Waals surface area contributed by atoms with Gasteiger partial charge in [-0.3, -0.25) is 9.69 Å². The lowest BCUT2D eigenvalue weighted by Crippen LogP contribution is -2.29. The molecule has 1 aliphatic heterocycles. The van der Waals surface area contributed by atoms with E-state index >= 15 is 0 Å². The molecule has 0 fully saturated rings. The van der Waals surface area contributed by atoms with Crippen LogP contribution in [0.4, 0.5) is 5.69 Å². The Morgan fingerprint density at radius 3 is 2.33 bits per heavy atom. The number of para-hydroxylation sites is 1. The van der Waals surface area contributed by atoms with Gasteiger partial charge in [-0.25, -0.2) is 0 Å². The normalized spacial score (nSPS) is 15.7. The first-order chi connectivity index (χ1) is 9.70. The fourth-order valence-corrected chi connectivity index (χ4v) is 2.64. The van der Waals surface area contributed by atoms with E-state index in [1.54, 1.807) is 11.8 Å². The average molecular weight is 280 g/mol. The second-order valence-electron chi connectivity index (χ2n) is 6.42. The number of nitrogens with zero attached hydrogens (tertiary/aromatic N) is 2. The molecule has 0 bridgehead atoms. The third kappa shape index (κ3) is 2.27. The quantitative estimate of drug-likeness (QED) is 0.780. The van der Waals surface area contributed by atoms with E-state index in [9.17, 15) is 10.1 Å². The maximum absolute atomic E-state index is 12.6. The predicted octanol–water partition coefficient (Wildman–Crippen LogP) is 3.99. The molecule has 0 radical (unpaired) electrons. The van der Waals surface area contributed by atoms with Crippen molar-refractivity contribution >= 4 is 11.6 Å². The van der Waals surface area contributed by atoms with E-state index in [1.807, 2.05) is 31.2 Å². The molecule has 1 heterocycles. The molecule has 3 heteroatoms. The molecular weight excluding hydrogens is 260 g/mol. The maximum Gasteiger partial charge on any atom is 0.273 e. The highest BCUT2D eigenvalue weighted by Gasteiger charge is 2.36. The van der Waals surface area contributed by atoms with Crippen molar-refractivity contribution < 1.29 is 4.79 Å². The fraction of sp³-hybridized carbons (Fsp3) is 0.333. The number of allylic oxidation sites excluding steroid dienone is 1. The number of amides is 1. The van der Waals surface area contributed by atoms with Crippen molar-refractivity contribution in [3.05, 3.63) is 52.7 Å². The largest absolute Gasteiger partial charge is 0.276 e. The van der Waals surface area contributed by atoms with Crippen LogP contribution >= 0.6 is 0 Å². The lowest BCUT2D eigenvalue weighted by atomic mass is 9.84. The Morgan fingerprint density at radius 1 is 1.24 bits per heavy atom. The minimum Gasteiger partial charge on any atom is -0.276 e. The van der Waals surface area contributed by atoms with Crippen molar-refractivity contribution in [2.24, 2.45) is 0 Å². The Balaban J connectivity index is 2.69. The van der Waals surface area contributed by atoms with Crippen molar-refractivity contribution in [3.8, 4) is 6.07 Å². The van der Waals surface area contributed by atoms with Crippen LogP contribution in [-0.4, -0.2) is 5.91 Å². The lowest BCUT2D eigenvalue weighted by molar-refractivity contribution is -0.113. The Bertz CT molecular complexity index is 712. The number of hydrogen-bond donors (Lipinski definition) is 0. The molecule has 0 spiro atoms. The SMILES string of the molecule is C=C1C(C)=C(C#N)C(=O)N1c1c(C)cccc1C(C)(C)C. The summed E-state index contributed by atoms with van der Waals surface area (Å²) in [5.41, 5.74) is 4.26. The van der Waals surface area contributed by atoms with Crippen molar-refractivity contribution in [2.45, 2.75) is 40.0 Å². The second kappa shape index (κ2) is 4.89. The molecule has 0 saturated heterocycles. The summed E-state index contributed by atoms with van der Waals surface area (Å²) >= 11 is 0. The zero-order valence-corrected chi connectivity index (χ0v) is 13.2. The van der Waals surface area contributed by atoms with Gasteiger partial charge in [0, 0.05) is 5.70 Å². The number of carbonyl (C=O) groups is 1. The van der Waals surface area contributed by atoms with Crippen LogP contribution in [0.15, 0.2) is 41.6 Å². The van der Waals surface area contributed by atoms with E-state index in [-0.39, 0.29) is 16.9 Å². The number of aryl methyl sites for hydroxylation is 1. The van der Waals surface area contributed by atoms with Gasteiger partial charge in [0.05, 0.1) is 5.69 Å². The monoisotopic (exact) mass is 280 g/mol. The van der Waals surface area contributed by atoms with E-state index in [4.69, 9.17) is 0 Å². The van der Waals surface area contributed by atoms with Gasteiger partial charge in [-0.1, -0.05) is 45.5 Å². The average Bonchev–Trinajstić information content (AvgIpc) is 2.59. The third-order valence-corrected chi connectivity index (χ3v) is 3.88. The van der Waals surface area contributed by atoms with Gasteiger partial charge in [-0.2, -0.15) is 5.26 Å². The summed E-state index contributed by atoms with van der Waals surface area (Å²) in [4.78, 5) is 14.2. The molecule has 0 aliphatic carbocycles. The topological polar surface area (TPSA) is 44.1 Å². The Morgan fingerprint density at radius 2 is 1.86 bits per heavy atom. The molecule has 0 unspecified atom stereocenters. The van der Waals surface area contributed by atoms with Gasteiger partial charge in [0.15, 0.2) is 0 Å². The summed E-state index contributed by atoms with van der Waals surface area (Å²) in [7, 11) is 0. The van der Waals surface area contributed by atoms with E-state index in [1.165, 1.54) is 0 Å². The first-order valence-corrected chi connectivity index (χ1v) is 6.95. The minimum absolute atomic E-state index is 0.106. The summed E-state index contributed by atoms with van der Waals surface area (Å²) in [6.07, 6.45) is 0. The zero-order valence-electron chi connectivity index (χ0n) is 13.2. The molecule has 1 amide bonds. The van der Waals surface area contributed by atoms with Crippen LogP contribution in [0, 0.1) is 18.3 Å². The molecule has 2 rings (SSSR count). The highest BCUT2D eigenvalue weighted by Crippen LogP contribution is 2.40. The van der Waals surface area contributed by atoms with E-state index in [2.05, 4.69) is 27.4 Å². The van der Waals surface area contributed by atoms with Gasteiger partial charge in [0.1, 0.15) is 11.6 Å². The molecule has 3 nitrogen and oxygen atoms in total. The molecule has 108 valence electrons. The van der Waals surface area contributed by atoms with Crippen LogP contribution in [0.2, 0.25) is 0 Å². The Labute approximate surface area is 126 Å². The zero-order chi connectivity index (χ0) is 15.9. The van der Waals surface area contributed by atoms with Crippen molar-refractivity contribution in [2.75, 3.05) is 4.90 Å². The standard InChI is InChI=1S/C18H20N2O/c1-11-8-7-9-15(18(4,5)6)16(11)20-13(3)12(2)14(10-19)17(20)21/h7-9H,3H2,1-2,4-6H3. The summed E-state index contributed by atoms with van der Waals surface area (Å²) in [5.74, 6) is -0.278. The molecule has 0 saturated carbocycles. The molecule has 1 aromatic carbocycles. The molecule has 0 atom stereocenters. The summed E-state index contributed by atoms with van der Waals surface area (Å²) in [5, 5.41) is 9.19. The fourth-order valence-electron chi connectivity index (χ4n) is 2.64. The molecule has 0 aromatic heterocycles. The second-order valence-corrected chi connectivity index (χ2v) is 6.42. The Kier molecular flexibility index (Phi) is 3.51. The molecular formula is C18H20N2O. The van der Waals surface area contributed by atoms with Crippen molar-refractivity contribution in [3.63, 3.8) is 0 Å². The van der Waals surface area contributed by atoms with Crippen LogP contribution in [0.3, 0.4) is 0 Å². The first-order valence-electron chi connectivity index (χ1n) is 6.95. The molecule has 1 aromatic rings. The van der Waals surface area contributed by atoms with Crippen LogP contribution in [0.25, 0.3) is 0 Å². The van der Waals surface area contributed by atoms with Crippen LogP contribution < -0.4 is 4.90 Å². The first kappa shape index (κ1) is 15.1. The van der Waals surface area contributed by atoms with Gasteiger partial charge >= 0.3 is 0 Å². The summed E-state index contributed by atoms with van der Waals surface area (Å²) in [6.45, 7) is 14.1. The summed E-state index contributed by atoms with van der Waals surface area (Å²) in [6, 6.07) is 8.00.